The Morgan fingerprint density at radius 2 is 1.73 bits per heavy atom. The van der Waals surface area contributed by atoms with Crippen molar-refractivity contribution < 1.29 is 0 Å². The van der Waals surface area contributed by atoms with E-state index in [9.17, 15) is 0 Å². The summed E-state index contributed by atoms with van der Waals surface area (Å²) in [6.45, 7) is 8.48. The molecule has 130 valence electrons. The van der Waals surface area contributed by atoms with Crippen LogP contribution in [0.4, 0.5) is 5.69 Å². The van der Waals surface area contributed by atoms with Crippen molar-refractivity contribution in [3.05, 3.63) is 66.5 Å². The maximum atomic E-state index is 5.08. The summed E-state index contributed by atoms with van der Waals surface area (Å²) in [6, 6.07) is 17.0. The zero-order valence-electron chi connectivity index (χ0n) is 15.5. The molecule has 26 heavy (non-hydrogen) atoms. The lowest BCUT2D eigenvalue weighted by molar-refractivity contribution is 0.869. The smallest absolute Gasteiger partial charge is 0.0951 e. The Balaban J connectivity index is 2.20. The molecule has 0 aliphatic heterocycles. The fraction of sp³-hybridized carbons (Fsp3) is 0.217. The van der Waals surface area contributed by atoms with Gasteiger partial charge in [-0.15, -0.1) is 0 Å². The van der Waals surface area contributed by atoms with Crippen LogP contribution >= 0.6 is 0 Å². The maximum absolute atomic E-state index is 5.08. The monoisotopic (exact) mass is 341 g/mol. The van der Waals surface area contributed by atoms with E-state index in [4.69, 9.17) is 4.98 Å². The number of aryl methyl sites for hydroxylation is 1. The normalized spacial score (nSPS) is 11.2. The van der Waals surface area contributed by atoms with Gasteiger partial charge in [-0.25, -0.2) is 4.98 Å². The highest BCUT2D eigenvalue weighted by Gasteiger charge is 2.17. The van der Waals surface area contributed by atoms with Crippen LogP contribution in [0.2, 0.25) is 0 Å². The van der Waals surface area contributed by atoms with Gasteiger partial charge in [0.15, 0.2) is 0 Å². The van der Waals surface area contributed by atoms with Crippen molar-refractivity contribution in [2.24, 2.45) is 0 Å². The first-order valence-electron chi connectivity index (χ1n) is 9.22. The molecule has 0 fully saturated rings. The molecule has 4 rings (SSSR count). The summed E-state index contributed by atoms with van der Waals surface area (Å²) >= 11 is 0. The van der Waals surface area contributed by atoms with Gasteiger partial charge in [0.25, 0.3) is 0 Å². The van der Waals surface area contributed by atoms with Crippen LogP contribution in [0.5, 0.6) is 0 Å². The Labute approximate surface area is 154 Å². The third-order valence-corrected chi connectivity index (χ3v) is 5.07. The molecule has 3 nitrogen and oxygen atoms in total. The molecular weight excluding hydrogens is 318 g/mol. The second kappa shape index (κ2) is 6.75. The summed E-state index contributed by atoms with van der Waals surface area (Å²) in [6.07, 6.45) is 3.77. The number of benzene rings is 2. The Hall–Kier alpha value is -2.94. The van der Waals surface area contributed by atoms with Gasteiger partial charge in [0.2, 0.25) is 0 Å². The molecule has 4 aromatic rings. The first-order chi connectivity index (χ1) is 12.7. The topological polar surface area (TPSA) is 29.0 Å². The van der Waals surface area contributed by atoms with Crippen molar-refractivity contribution in [2.75, 3.05) is 18.0 Å². The second-order valence-corrected chi connectivity index (χ2v) is 6.54. The quantitative estimate of drug-likeness (QED) is 0.452. The summed E-state index contributed by atoms with van der Waals surface area (Å²) in [5.74, 6) is 0. The number of anilines is 1. The van der Waals surface area contributed by atoms with E-state index >= 15 is 0 Å². The number of para-hydroxylation sites is 1. The minimum Gasteiger partial charge on any atom is -0.370 e. The molecule has 0 amide bonds. The average Bonchev–Trinajstić information content (AvgIpc) is 2.69. The van der Waals surface area contributed by atoms with E-state index in [1.165, 1.54) is 27.6 Å². The van der Waals surface area contributed by atoms with Crippen LogP contribution in [0.15, 0.2) is 60.9 Å². The third-order valence-electron chi connectivity index (χ3n) is 5.07. The molecule has 2 heterocycles. The molecule has 2 aromatic heterocycles. The number of rotatable bonds is 4. The molecule has 0 spiro atoms. The van der Waals surface area contributed by atoms with Crippen molar-refractivity contribution in [1.29, 1.82) is 0 Å². The predicted octanol–water partition coefficient (Wildman–Crippen LogP) is 5.60. The lowest BCUT2D eigenvalue weighted by Crippen LogP contribution is -2.22. The first-order valence-corrected chi connectivity index (χ1v) is 9.22. The van der Waals surface area contributed by atoms with Gasteiger partial charge >= 0.3 is 0 Å². The van der Waals surface area contributed by atoms with E-state index in [0.29, 0.717) is 0 Å². The molecule has 0 atom stereocenters. The largest absolute Gasteiger partial charge is 0.370 e. The number of fused-ring (bicyclic) bond motifs is 2. The first kappa shape index (κ1) is 16.5. The lowest BCUT2D eigenvalue weighted by Gasteiger charge is -2.24. The Morgan fingerprint density at radius 3 is 2.46 bits per heavy atom. The van der Waals surface area contributed by atoms with E-state index in [1.54, 1.807) is 0 Å². The molecule has 0 bridgehead atoms. The fourth-order valence-electron chi connectivity index (χ4n) is 3.78. The minimum absolute atomic E-state index is 0.964. The van der Waals surface area contributed by atoms with Gasteiger partial charge in [-0.3, -0.25) is 4.98 Å². The standard InChI is InChI=1S/C23H23N3/c1-4-26(5-2)20-13-12-16(3)21-22(17-9-8-14-24-15-17)18-10-6-7-11-19(18)25-23(20)21/h6-15H,4-5H2,1-3H3. The van der Waals surface area contributed by atoms with E-state index in [0.717, 1.165) is 29.7 Å². The average molecular weight is 341 g/mol. The molecular formula is C23H23N3. The molecule has 0 radical (unpaired) electrons. The highest BCUT2D eigenvalue weighted by Crippen LogP contribution is 2.39. The molecule has 0 N–H and O–H groups in total. The van der Waals surface area contributed by atoms with Crippen molar-refractivity contribution in [2.45, 2.75) is 20.8 Å². The number of pyridine rings is 2. The third kappa shape index (κ3) is 2.60. The van der Waals surface area contributed by atoms with Gasteiger partial charge in [-0.1, -0.05) is 30.3 Å². The summed E-state index contributed by atoms with van der Waals surface area (Å²) in [5, 5.41) is 2.40. The summed E-state index contributed by atoms with van der Waals surface area (Å²) in [7, 11) is 0. The van der Waals surface area contributed by atoms with Crippen molar-refractivity contribution in [1.82, 2.24) is 9.97 Å². The van der Waals surface area contributed by atoms with Gasteiger partial charge in [0.05, 0.1) is 16.7 Å². The zero-order chi connectivity index (χ0) is 18.1. The Morgan fingerprint density at radius 1 is 0.923 bits per heavy atom. The van der Waals surface area contributed by atoms with Crippen molar-refractivity contribution in [3.8, 4) is 11.1 Å². The second-order valence-electron chi connectivity index (χ2n) is 6.54. The summed E-state index contributed by atoms with van der Waals surface area (Å²) < 4.78 is 0. The van der Waals surface area contributed by atoms with Crippen LogP contribution < -0.4 is 4.90 Å². The number of hydrogen-bond acceptors (Lipinski definition) is 3. The molecule has 2 aromatic carbocycles. The van der Waals surface area contributed by atoms with Crippen LogP contribution in [-0.2, 0) is 0 Å². The Kier molecular flexibility index (Phi) is 4.29. The molecule has 0 saturated carbocycles. The van der Waals surface area contributed by atoms with E-state index < -0.39 is 0 Å². The summed E-state index contributed by atoms with van der Waals surface area (Å²) in [4.78, 5) is 11.8. The van der Waals surface area contributed by atoms with Gasteiger partial charge in [0.1, 0.15) is 0 Å². The molecule has 0 aliphatic carbocycles. The zero-order valence-corrected chi connectivity index (χ0v) is 15.5. The lowest BCUT2D eigenvalue weighted by atomic mass is 9.94. The number of nitrogens with zero attached hydrogens (tertiary/aromatic N) is 3. The SMILES string of the molecule is CCN(CC)c1ccc(C)c2c(-c3cccnc3)c3ccccc3nc12. The molecule has 0 unspecified atom stereocenters. The Bertz CT molecular complexity index is 1070. The fourth-order valence-corrected chi connectivity index (χ4v) is 3.78. The van der Waals surface area contributed by atoms with Crippen molar-refractivity contribution >= 4 is 27.5 Å². The van der Waals surface area contributed by atoms with Gasteiger partial charge in [-0.05, 0) is 44.5 Å². The van der Waals surface area contributed by atoms with Crippen LogP contribution in [0.25, 0.3) is 32.9 Å². The highest BCUT2D eigenvalue weighted by molar-refractivity contribution is 6.13. The van der Waals surface area contributed by atoms with Crippen LogP contribution in [0.3, 0.4) is 0 Å². The van der Waals surface area contributed by atoms with Gasteiger partial charge in [0, 0.05) is 47.4 Å². The van der Waals surface area contributed by atoms with Gasteiger partial charge in [-0.2, -0.15) is 0 Å². The van der Waals surface area contributed by atoms with E-state index in [2.05, 4.69) is 73.1 Å². The van der Waals surface area contributed by atoms with E-state index in [1.807, 2.05) is 18.5 Å². The van der Waals surface area contributed by atoms with E-state index in [-0.39, 0.29) is 0 Å². The van der Waals surface area contributed by atoms with Gasteiger partial charge < -0.3 is 4.90 Å². The van der Waals surface area contributed by atoms with Crippen molar-refractivity contribution in [3.63, 3.8) is 0 Å². The summed E-state index contributed by atoms with van der Waals surface area (Å²) in [5.41, 5.74) is 6.91. The molecule has 0 aliphatic rings. The molecule has 0 saturated heterocycles. The minimum atomic E-state index is 0.964. The number of aromatic nitrogens is 2. The predicted molar refractivity (Wildman–Crippen MR) is 111 cm³/mol. The highest BCUT2D eigenvalue weighted by atomic mass is 15.1. The number of hydrogen-bond donors (Lipinski definition) is 0. The van der Waals surface area contributed by atoms with Crippen LogP contribution in [0, 0.1) is 6.92 Å². The van der Waals surface area contributed by atoms with Crippen LogP contribution in [0.1, 0.15) is 19.4 Å². The maximum Gasteiger partial charge on any atom is 0.0951 e. The molecule has 3 heteroatoms. The van der Waals surface area contributed by atoms with Crippen LogP contribution in [-0.4, -0.2) is 23.1 Å².